The van der Waals surface area contributed by atoms with E-state index >= 15 is 0 Å². The monoisotopic (exact) mass is 363 g/mol. The molecule has 3 aromatic rings. The molecule has 5 heteroatoms. The van der Waals surface area contributed by atoms with Gasteiger partial charge in [0.2, 0.25) is 0 Å². The lowest BCUT2D eigenvalue weighted by Crippen LogP contribution is -2.40. The number of aryl methyl sites for hydroxylation is 1. The Morgan fingerprint density at radius 2 is 2.07 bits per heavy atom. The topological polar surface area (TPSA) is 66.1 Å². The summed E-state index contributed by atoms with van der Waals surface area (Å²) in [6.07, 6.45) is 3.86. The van der Waals surface area contributed by atoms with Crippen molar-refractivity contribution in [3.63, 3.8) is 0 Å². The van der Waals surface area contributed by atoms with E-state index in [1.807, 2.05) is 30.3 Å². The summed E-state index contributed by atoms with van der Waals surface area (Å²) in [5, 5.41) is 7.31. The van der Waals surface area contributed by atoms with Crippen molar-refractivity contribution in [1.29, 1.82) is 0 Å². The van der Waals surface area contributed by atoms with E-state index in [0.29, 0.717) is 6.54 Å². The third-order valence-corrected chi connectivity index (χ3v) is 5.26. The molecule has 3 N–H and O–H groups in total. The van der Waals surface area contributed by atoms with Crippen molar-refractivity contribution in [3.8, 4) is 5.75 Å². The summed E-state index contributed by atoms with van der Waals surface area (Å²) in [6.45, 7) is 0.624. The van der Waals surface area contributed by atoms with Crippen molar-refractivity contribution in [1.82, 2.24) is 15.6 Å². The number of ether oxygens (including phenoxy) is 1. The summed E-state index contributed by atoms with van der Waals surface area (Å²) < 4.78 is 5.36. The van der Waals surface area contributed by atoms with Crippen LogP contribution in [0.1, 0.15) is 35.7 Å². The third-order valence-electron chi connectivity index (χ3n) is 5.26. The fourth-order valence-electron chi connectivity index (χ4n) is 3.89. The van der Waals surface area contributed by atoms with Gasteiger partial charge in [-0.3, -0.25) is 0 Å². The highest BCUT2D eigenvalue weighted by Gasteiger charge is 2.25. The van der Waals surface area contributed by atoms with Crippen molar-refractivity contribution < 1.29 is 9.53 Å². The van der Waals surface area contributed by atoms with E-state index in [0.717, 1.165) is 42.6 Å². The number of fused-ring (bicyclic) bond motifs is 3. The van der Waals surface area contributed by atoms with Crippen molar-refractivity contribution in [3.05, 3.63) is 65.4 Å². The van der Waals surface area contributed by atoms with Crippen molar-refractivity contribution in [2.75, 3.05) is 13.7 Å². The van der Waals surface area contributed by atoms with Gasteiger partial charge >= 0.3 is 6.03 Å². The molecular formula is C22H25N3O2. The minimum absolute atomic E-state index is 0.0175. The van der Waals surface area contributed by atoms with Gasteiger partial charge in [-0.1, -0.05) is 30.3 Å². The standard InChI is InChI=1S/C22H25N3O2/c1-27-16-10-11-19-18(14-16)17-8-5-9-20(21(17)24-19)25-22(26)23-13-12-15-6-3-2-4-7-15/h2-4,6-7,10-11,14,20,24H,5,8-9,12-13H2,1H3,(H2,23,25,26). The molecule has 0 aliphatic heterocycles. The van der Waals surface area contributed by atoms with Gasteiger partial charge in [0.15, 0.2) is 0 Å². The van der Waals surface area contributed by atoms with E-state index in [-0.39, 0.29) is 12.1 Å². The fourth-order valence-corrected chi connectivity index (χ4v) is 3.89. The Balaban J connectivity index is 1.42. The lowest BCUT2D eigenvalue weighted by molar-refractivity contribution is 0.235. The number of aromatic amines is 1. The van der Waals surface area contributed by atoms with Crippen molar-refractivity contribution in [2.24, 2.45) is 0 Å². The predicted molar refractivity (Wildman–Crippen MR) is 107 cm³/mol. The molecule has 0 saturated carbocycles. The molecule has 2 amide bonds. The van der Waals surface area contributed by atoms with E-state index in [9.17, 15) is 4.79 Å². The molecular weight excluding hydrogens is 338 g/mol. The highest BCUT2D eigenvalue weighted by Crippen LogP contribution is 2.36. The zero-order valence-electron chi connectivity index (χ0n) is 15.5. The zero-order chi connectivity index (χ0) is 18.6. The number of H-pyrrole nitrogens is 1. The summed E-state index contributed by atoms with van der Waals surface area (Å²) in [6, 6.07) is 16.2. The number of methoxy groups -OCH3 is 1. The molecule has 0 radical (unpaired) electrons. The fraction of sp³-hybridized carbons (Fsp3) is 0.318. The molecule has 5 nitrogen and oxygen atoms in total. The van der Waals surface area contributed by atoms with E-state index in [4.69, 9.17) is 4.74 Å². The molecule has 140 valence electrons. The first-order valence-electron chi connectivity index (χ1n) is 9.51. The molecule has 2 aromatic carbocycles. The molecule has 1 atom stereocenters. The number of urea groups is 1. The minimum Gasteiger partial charge on any atom is -0.497 e. The lowest BCUT2D eigenvalue weighted by atomic mass is 9.92. The van der Waals surface area contributed by atoms with Crippen molar-refractivity contribution in [2.45, 2.75) is 31.7 Å². The summed E-state index contributed by atoms with van der Waals surface area (Å²) in [7, 11) is 1.68. The van der Waals surface area contributed by atoms with Gasteiger partial charge in [-0.05, 0) is 55.0 Å². The number of carbonyl (C=O) groups excluding carboxylic acids is 1. The maximum Gasteiger partial charge on any atom is 0.315 e. The second-order valence-electron chi connectivity index (χ2n) is 7.01. The van der Waals surface area contributed by atoms with Gasteiger partial charge in [-0.2, -0.15) is 0 Å². The summed E-state index contributed by atoms with van der Waals surface area (Å²) in [4.78, 5) is 15.9. The molecule has 1 aliphatic carbocycles. The summed E-state index contributed by atoms with van der Waals surface area (Å²) in [5.41, 5.74) is 4.74. The molecule has 1 aliphatic rings. The predicted octanol–water partition coefficient (Wildman–Crippen LogP) is 4.10. The van der Waals surface area contributed by atoms with Crippen LogP contribution >= 0.6 is 0 Å². The molecule has 1 aromatic heterocycles. The number of aromatic nitrogens is 1. The first-order valence-corrected chi connectivity index (χ1v) is 9.51. The van der Waals surface area contributed by atoms with Crippen LogP contribution in [0.25, 0.3) is 10.9 Å². The average Bonchev–Trinajstić information content (AvgIpc) is 3.08. The number of benzene rings is 2. The van der Waals surface area contributed by atoms with Crippen LogP contribution in [0.5, 0.6) is 5.75 Å². The Kier molecular flexibility index (Phi) is 5.01. The zero-order valence-corrected chi connectivity index (χ0v) is 15.5. The quantitative estimate of drug-likeness (QED) is 0.639. The normalized spacial score (nSPS) is 16.0. The Morgan fingerprint density at radius 1 is 1.22 bits per heavy atom. The van der Waals surface area contributed by atoms with E-state index in [1.165, 1.54) is 16.5 Å². The average molecular weight is 363 g/mol. The number of hydrogen-bond acceptors (Lipinski definition) is 2. The number of carbonyl (C=O) groups is 1. The van der Waals surface area contributed by atoms with Gasteiger partial charge in [0.05, 0.1) is 13.2 Å². The third kappa shape index (κ3) is 3.77. The molecule has 0 bridgehead atoms. The minimum atomic E-state index is -0.111. The Hall–Kier alpha value is -2.95. The van der Waals surface area contributed by atoms with Gasteiger partial charge in [0.25, 0.3) is 0 Å². The Bertz CT molecular complexity index is 933. The smallest absolute Gasteiger partial charge is 0.315 e. The SMILES string of the molecule is COc1ccc2[nH]c3c(c2c1)CCCC3NC(=O)NCCc1ccccc1. The highest BCUT2D eigenvalue weighted by atomic mass is 16.5. The van der Waals surface area contributed by atoms with E-state index < -0.39 is 0 Å². The van der Waals surface area contributed by atoms with Gasteiger partial charge in [-0.25, -0.2) is 4.79 Å². The molecule has 0 fully saturated rings. The summed E-state index contributed by atoms with van der Waals surface area (Å²) >= 11 is 0. The lowest BCUT2D eigenvalue weighted by Gasteiger charge is -2.24. The number of hydrogen-bond donors (Lipinski definition) is 3. The van der Waals surface area contributed by atoms with Crippen LogP contribution in [0, 0.1) is 0 Å². The number of nitrogens with one attached hydrogen (secondary N) is 3. The van der Waals surface area contributed by atoms with Crippen LogP contribution in [0.3, 0.4) is 0 Å². The second-order valence-corrected chi connectivity index (χ2v) is 7.01. The van der Waals surface area contributed by atoms with Crippen LogP contribution < -0.4 is 15.4 Å². The molecule has 4 rings (SSSR count). The molecule has 0 saturated heterocycles. The van der Waals surface area contributed by atoms with Crippen molar-refractivity contribution >= 4 is 16.9 Å². The molecule has 0 spiro atoms. The maximum absolute atomic E-state index is 12.4. The van der Waals surface area contributed by atoms with Crippen LogP contribution in [-0.2, 0) is 12.8 Å². The van der Waals surface area contributed by atoms with E-state index in [2.05, 4.69) is 33.8 Å². The first-order chi connectivity index (χ1) is 13.2. The van der Waals surface area contributed by atoms with Gasteiger partial charge in [0, 0.05) is 23.1 Å². The van der Waals surface area contributed by atoms with E-state index in [1.54, 1.807) is 7.11 Å². The van der Waals surface area contributed by atoms with Crippen LogP contribution in [0.2, 0.25) is 0 Å². The Morgan fingerprint density at radius 3 is 2.89 bits per heavy atom. The van der Waals surface area contributed by atoms with Crippen LogP contribution in [0.4, 0.5) is 4.79 Å². The first kappa shape index (κ1) is 17.5. The molecule has 27 heavy (non-hydrogen) atoms. The maximum atomic E-state index is 12.4. The van der Waals surface area contributed by atoms with Gasteiger partial charge < -0.3 is 20.4 Å². The van der Waals surface area contributed by atoms with Gasteiger partial charge in [-0.15, -0.1) is 0 Å². The number of rotatable bonds is 5. The van der Waals surface area contributed by atoms with Gasteiger partial charge in [0.1, 0.15) is 5.75 Å². The Labute approximate surface area is 159 Å². The number of amides is 2. The van der Waals surface area contributed by atoms with Crippen LogP contribution in [0.15, 0.2) is 48.5 Å². The molecule has 1 heterocycles. The van der Waals surface area contributed by atoms with Crippen LogP contribution in [-0.4, -0.2) is 24.7 Å². The highest BCUT2D eigenvalue weighted by molar-refractivity contribution is 5.87. The largest absolute Gasteiger partial charge is 0.497 e. The second kappa shape index (κ2) is 7.74. The summed E-state index contributed by atoms with van der Waals surface area (Å²) in [5.74, 6) is 0.859. The molecule has 1 unspecified atom stereocenters.